The third-order valence-corrected chi connectivity index (χ3v) is 6.01. The van der Waals surface area contributed by atoms with E-state index in [4.69, 9.17) is 0 Å². The summed E-state index contributed by atoms with van der Waals surface area (Å²) in [5, 5.41) is 20.1. The van der Waals surface area contributed by atoms with Gasteiger partial charge in [-0.05, 0) is 48.7 Å². The van der Waals surface area contributed by atoms with Crippen molar-refractivity contribution in [3.8, 4) is 11.5 Å². The molecular weight excluding hydrogens is 463 g/mol. The number of fused-ring (bicyclic) bond motifs is 1. The Kier molecular flexibility index (Phi) is 7.88. The summed E-state index contributed by atoms with van der Waals surface area (Å²) in [6, 6.07) is 7.64. The third-order valence-electron chi connectivity index (χ3n) is 6.01. The number of hydrogen-bond donors (Lipinski definition) is 2. The van der Waals surface area contributed by atoms with Crippen LogP contribution < -0.4 is 5.32 Å². The van der Waals surface area contributed by atoms with Crippen molar-refractivity contribution in [1.29, 1.82) is 0 Å². The van der Waals surface area contributed by atoms with Crippen molar-refractivity contribution in [2.45, 2.75) is 54.1 Å². The summed E-state index contributed by atoms with van der Waals surface area (Å²) in [5.41, 5.74) is 1.37. The van der Waals surface area contributed by atoms with E-state index in [9.17, 15) is 19.1 Å². The largest absolute Gasteiger partial charge is 0.394 e. The summed E-state index contributed by atoms with van der Waals surface area (Å²) in [6.07, 6.45) is 2.03. The maximum atomic E-state index is 14.9. The number of carbonyl (C=O) groups is 2. The molecule has 2 aromatic heterocycles. The number of carbonyl (C=O) groups excluding carboxylic acids is 2. The molecule has 1 aliphatic heterocycles. The van der Waals surface area contributed by atoms with Crippen molar-refractivity contribution in [2.75, 3.05) is 18.5 Å². The van der Waals surface area contributed by atoms with Crippen LogP contribution in [0, 0.1) is 11.2 Å². The van der Waals surface area contributed by atoms with Gasteiger partial charge in [-0.2, -0.15) is 0 Å². The SMILES string of the molecule is C.C[C@H](CO)n1cnnc1-c1cccc(NC(=O)c2cc3c(cc2F)CCN(C(=O)C(C)(C)C)C3)n1. The number of nitrogens with zero attached hydrogens (tertiary/aromatic N) is 5. The van der Waals surface area contributed by atoms with Gasteiger partial charge >= 0.3 is 0 Å². The monoisotopic (exact) mass is 496 g/mol. The molecule has 2 amide bonds. The summed E-state index contributed by atoms with van der Waals surface area (Å²) >= 11 is 0. The van der Waals surface area contributed by atoms with E-state index in [0.717, 1.165) is 11.1 Å². The van der Waals surface area contributed by atoms with Gasteiger partial charge < -0.3 is 19.9 Å². The predicted octanol–water partition coefficient (Wildman–Crippen LogP) is 3.85. The van der Waals surface area contributed by atoms with Crippen LogP contribution in [-0.2, 0) is 17.8 Å². The van der Waals surface area contributed by atoms with Crippen LogP contribution in [-0.4, -0.2) is 54.7 Å². The van der Waals surface area contributed by atoms with E-state index in [1.807, 2.05) is 27.7 Å². The van der Waals surface area contributed by atoms with Gasteiger partial charge in [0.1, 0.15) is 23.7 Å². The van der Waals surface area contributed by atoms with Crippen LogP contribution in [0.2, 0.25) is 0 Å². The normalized spacial score (nSPS) is 14.0. The quantitative estimate of drug-likeness (QED) is 0.555. The van der Waals surface area contributed by atoms with Gasteiger partial charge in [-0.25, -0.2) is 9.37 Å². The lowest BCUT2D eigenvalue weighted by atomic mass is 9.91. The Bertz CT molecular complexity index is 1270. The molecule has 1 atom stereocenters. The van der Waals surface area contributed by atoms with Crippen molar-refractivity contribution in [2.24, 2.45) is 5.41 Å². The minimum Gasteiger partial charge on any atom is -0.394 e. The summed E-state index contributed by atoms with van der Waals surface area (Å²) in [4.78, 5) is 31.9. The van der Waals surface area contributed by atoms with E-state index in [1.165, 1.54) is 18.5 Å². The third kappa shape index (κ3) is 5.43. The van der Waals surface area contributed by atoms with Gasteiger partial charge in [-0.3, -0.25) is 9.59 Å². The maximum absolute atomic E-state index is 14.9. The summed E-state index contributed by atoms with van der Waals surface area (Å²) in [6.45, 7) is 8.15. The lowest BCUT2D eigenvalue weighted by Crippen LogP contribution is -2.42. The summed E-state index contributed by atoms with van der Waals surface area (Å²) in [7, 11) is 0. The molecule has 1 aromatic carbocycles. The molecule has 0 bridgehead atoms. The number of pyridine rings is 1. The van der Waals surface area contributed by atoms with Crippen molar-refractivity contribution < 1.29 is 19.1 Å². The Labute approximate surface area is 210 Å². The molecule has 9 nitrogen and oxygen atoms in total. The smallest absolute Gasteiger partial charge is 0.259 e. The van der Waals surface area contributed by atoms with Crippen LogP contribution in [0.1, 0.15) is 62.6 Å². The van der Waals surface area contributed by atoms with E-state index >= 15 is 0 Å². The first kappa shape index (κ1) is 26.9. The maximum Gasteiger partial charge on any atom is 0.259 e. The van der Waals surface area contributed by atoms with Gasteiger partial charge in [0.25, 0.3) is 5.91 Å². The highest BCUT2D eigenvalue weighted by molar-refractivity contribution is 6.04. The average Bonchev–Trinajstić information content (AvgIpc) is 3.32. The Morgan fingerprint density at radius 1 is 1.22 bits per heavy atom. The topological polar surface area (TPSA) is 113 Å². The Morgan fingerprint density at radius 2 is 1.97 bits per heavy atom. The number of nitrogens with one attached hydrogen (secondary N) is 1. The molecule has 0 unspecified atom stereocenters. The molecule has 0 saturated carbocycles. The Morgan fingerprint density at radius 3 is 2.67 bits per heavy atom. The number of aromatic nitrogens is 4. The second-order valence-corrected chi connectivity index (χ2v) is 9.78. The average molecular weight is 497 g/mol. The van der Waals surface area contributed by atoms with Gasteiger partial charge in [0.05, 0.1) is 18.2 Å². The number of hydrogen-bond acceptors (Lipinski definition) is 6. The van der Waals surface area contributed by atoms with E-state index in [1.54, 1.807) is 27.7 Å². The summed E-state index contributed by atoms with van der Waals surface area (Å²) in [5.74, 6) is -0.585. The van der Waals surface area contributed by atoms with Gasteiger partial charge in [0, 0.05) is 18.5 Å². The van der Waals surface area contributed by atoms with E-state index < -0.39 is 17.1 Å². The molecule has 4 rings (SSSR count). The van der Waals surface area contributed by atoms with Gasteiger partial charge in [-0.15, -0.1) is 10.2 Å². The first-order chi connectivity index (χ1) is 16.6. The molecule has 0 radical (unpaired) electrons. The fourth-order valence-corrected chi connectivity index (χ4v) is 4.05. The number of aliphatic hydroxyl groups is 1. The number of benzene rings is 1. The number of rotatable bonds is 5. The number of halogens is 1. The minimum absolute atomic E-state index is 0. The second kappa shape index (κ2) is 10.5. The molecule has 0 fully saturated rings. The molecule has 3 heterocycles. The van der Waals surface area contributed by atoms with Gasteiger partial charge in [-0.1, -0.05) is 34.3 Å². The Balaban J connectivity index is 0.00000361. The number of anilines is 1. The molecule has 10 heteroatoms. The first-order valence-electron chi connectivity index (χ1n) is 11.5. The fraction of sp³-hybridized carbons (Fsp3) is 0.423. The highest BCUT2D eigenvalue weighted by Gasteiger charge is 2.30. The van der Waals surface area contributed by atoms with Crippen LogP contribution >= 0.6 is 0 Å². The molecule has 0 saturated heterocycles. The number of aliphatic hydroxyl groups excluding tert-OH is 1. The van der Waals surface area contributed by atoms with Crippen molar-refractivity contribution in [3.05, 3.63) is 59.2 Å². The zero-order valence-corrected chi connectivity index (χ0v) is 20.2. The van der Waals surface area contributed by atoms with Gasteiger partial charge in [0.2, 0.25) is 5.91 Å². The van der Waals surface area contributed by atoms with E-state index in [2.05, 4.69) is 20.5 Å². The van der Waals surface area contributed by atoms with Crippen molar-refractivity contribution in [1.82, 2.24) is 24.6 Å². The van der Waals surface area contributed by atoms with Crippen molar-refractivity contribution >= 4 is 17.6 Å². The fourth-order valence-electron chi connectivity index (χ4n) is 4.05. The highest BCUT2D eigenvalue weighted by Crippen LogP contribution is 2.27. The molecule has 3 aromatic rings. The Hall–Kier alpha value is -3.66. The standard InChI is InChI=1S/C25H29FN6O3.CH4/c1-15(13-33)32-14-27-30-22(32)20-6-5-7-21(28-20)29-23(34)18-10-17-12-31(24(35)25(2,3)4)9-8-16(17)11-19(18)26;/h5-7,10-11,14-15,33H,8-9,12-13H2,1-4H3,(H,28,29,34);1H4/t15-;/m1./s1. The zero-order valence-electron chi connectivity index (χ0n) is 20.2. The van der Waals surface area contributed by atoms with Crippen LogP contribution in [0.4, 0.5) is 10.2 Å². The molecule has 0 aliphatic carbocycles. The van der Waals surface area contributed by atoms with Crippen LogP contribution in [0.15, 0.2) is 36.7 Å². The summed E-state index contributed by atoms with van der Waals surface area (Å²) < 4.78 is 16.5. The number of amides is 2. The minimum atomic E-state index is -0.639. The van der Waals surface area contributed by atoms with E-state index in [-0.39, 0.29) is 37.4 Å². The van der Waals surface area contributed by atoms with Crippen LogP contribution in [0.3, 0.4) is 0 Å². The highest BCUT2D eigenvalue weighted by atomic mass is 19.1. The van der Waals surface area contributed by atoms with Crippen LogP contribution in [0.5, 0.6) is 0 Å². The molecular formula is C26H33FN6O3. The van der Waals surface area contributed by atoms with E-state index in [0.29, 0.717) is 31.0 Å². The molecule has 36 heavy (non-hydrogen) atoms. The zero-order chi connectivity index (χ0) is 25.3. The lowest BCUT2D eigenvalue weighted by Gasteiger charge is -2.33. The molecule has 2 N–H and O–H groups in total. The predicted molar refractivity (Wildman–Crippen MR) is 135 cm³/mol. The molecule has 1 aliphatic rings. The second-order valence-electron chi connectivity index (χ2n) is 9.78. The van der Waals surface area contributed by atoms with Crippen LogP contribution in [0.25, 0.3) is 11.5 Å². The van der Waals surface area contributed by atoms with Crippen molar-refractivity contribution in [3.63, 3.8) is 0 Å². The molecule has 192 valence electrons. The first-order valence-corrected chi connectivity index (χ1v) is 11.5. The lowest BCUT2D eigenvalue weighted by molar-refractivity contribution is -0.140. The van der Waals surface area contributed by atoms with Gasteiger partial charge in [0.15, 0.2) is 5.82 Å². The molecule has 0 spiro atoms.